The van der Waals surface area contributed by atoms with Crippen molar-refractivity contribution in [3.8, 4) is 0 Å². The van der Waals surface area contributed by atoms with Crippen molar-refractivity contribution < 1.29 is 8.42 Å². The molecule has 0 bridgehead atoms. The second kappa shape index (κ2) is 6.17. The summed E-state index contributed by atoms with van der Waals surface area (Å²) in [5.41, 5.74) is 2.37. The van der Waals surface area contributed by atoms with Gasteiger partial charge in [-0.3, -0.25) is 0 Å². The molecule has 0 aromatic heterocycles. The molecular formula is C13H21NO2S. The Morgan fingerprint density at radius 1 is 1.12 bits per heavy atom. The van der Waals surface area contributed by atoms with Crippen LogP contribution in [0, 0.1) is 5.92 Å². The van der Waals surface area contributed by atoms with Gasteiger partial charge in [0.2, 0.25) is 10.0 Å². The highest BCUT2D eigenvalue weighted by Gasteiger charge is 2.07. The van der Waals surface area contributed by atoms with Gasteiger partial charge in [-0.2, -0.15) is 0 Å². The van der Waals surface area contributed by atoms with Gasteiger partial charge < -0.3 is 0 Å². The fourth-order valence-electron chi connectivity index (χ4n) is 1.67. The lowest BCUT2D eigenvalue weighted by atomic mass is 10.0. The number of rotatable bonds is 6. The molecule has 0 atom stereocenters. The highest BCUT2D eigenvalue weighted by atomic mass is 32.2. The molecule has 96 valence electrons. The van der Waals surface area contributed by atoms with Gasteiger partial charge in [-0.1, -0.05) is 38.1 Å². The molecule has 0 fully saturated rings. The first-order valence-electron chi connectivity index (χ1n) is 5.92. The van der Waals surface area contributed by atoms with E-state index in [2.05, 4.69) is 30.7 Å². The third-order valence-corrected chi connectivity index (χ3v) is 4.00. The van der Waals surface area contributed by atoms with Crippen LogP contribution in [0.3, 0.4) is 0 Å². The summed E-state index contributed by atoms with van der Waals surface area (Å²) in [6.07, 6.45) is 1.63. The van der Waals surface area contributed by atoms with Crippen molar-refractivity contribution in [1.82, 2.24) is 4.72 Å². The van der Waals surface area contributed by atoms with Crippen LogP contribution in [-0.4, -0.2) is 21.2 Å². The van der Waals surface area contributed by atoms with Crippen molar-refractivity contribution in [2.24, 2.45) is 5.92 Å². The molecule has 0 saturated carbocycles. The standard InChI is InChI=1S/C13H21NO2S/c1-11(2)10-13-6-4-12(5-7-13)8-9-17(15,16)14-3/h4-7,11,14H,8-10H2,1-3H3. The van der Waals surface area contributed by atoms with E-state index in [0.29, 0.717) is 12.3 Å². The third-order valence-electron chi connectivity index (χ3n) is 2.64. The Balaban J connectivity index is 2.57. The van der Waals surface area contributed by atoms with Crippen LogP contribution in [-0.2, 0) is 22.9 Å². The topological polar surface area (TPSA) is 46.2 Å². The van der Waals surface area contributed by atoms with Gasteiger partial charge in [0.15, 0.2) is 0 Å². The number of benzene rings is 1. The summed E-state index contributed by atoms with van der Waals surface area (Å²) in [6.45, 7) is 4.38. The fourth-order valence-corrected chi connectivity index (χ4v) is 2.38. The molecular weight excluding hydrogens is 234 g/mol. The van der Waals surface area contributed by atoms with Gasteiger partial charge in [0.05, 0.1) is 5.75 Å². The van der Waals surface area contributed by atoms with E-state index in [1.54, 1.807) is 0 Å². The summed E-state index contributed by atoms with van der Waals surface area (Å²) in [6, 6.07) is 8.20. The molecule has 1 aromatic rings. The lowest BCUT2D eigenvalue weighted by Gasteiger charge is -2.06. The molecule has 0 saturated heterocycles. The van der Waals surface area contributed by atoms with Gasteiger partial charge in [0.25, 0.3) is 0 Å². The SMILES string of the molecule is CNS(=O)(=O)CCc1ccc(CC(C)C)cc1. The minimum absolute atomic E-state index is 0.146. The molecule has 0 aliphatic heterocycles. The quantitative estimate of drug-likeness (QED) is 0.845. The van der Waals surface area contributed by atoms with Crippen LogP contribution < -0.4 is 4.72 Å². The Morgan fingerprint density at radius 2 is 1.65 bits per heavy atom. The van der Waals surface area contributed by atoms with Crippen LogP contribution in [0.15, 0.2) is 24.3 Å². The highest BCUT2D eigenvalue weighted by Crippen LogP contribution is 2.10. The van der Waals surface area contributed by atoms with E-state index in [4.69, 9.17) is 0 Å². The van der Waals surface area contributed by atoms with Gasteiger partial charge in [0, 0.05) is 0 Å². The van der Waals surface area contributed by atoms with Gasteiger partial charge in [-0.25, -0.2) is 13.1 Å². The van der Waals surface area contributed by atoms with E-state index in [1.807, 2.05) is 12.1 Å². The Morgan fingerprint density at radius 3 is 2.12 bits per heavy atom. The van der Waals surface area contributed by atoms with Crippen molar-refractivity contribution >= 4 is 10.0 Å². The van der Waals surface area contributed by atoms with Crippen molar-refractivity contribution in [3.05, 3.63) is 35.4 Å². The molecule has 0 aliphatic rings. The summed E-state index contributed by atoms with van der Waals surface area (Å²) >= 11 is 0. The molecule has 0 aliphatic carbocycles. The van der Waals surface area contributed by atoms with Gasteiger partial charge in [0.1, 0.15) is 0 Å². The van der Waals surface area contributed by atoms with Crippen LogP contribution in [0.2, 0.25) is 0 Å². The molecule has 4 heteroatoms. The predicted octanol–water partition coefficient (Wildman–Crippen LogP) is 1.98. The number of sulfonamides is 1. The molecule has 17 heavy (non-hydrogen) atoms. The Kier molecular flexibility index (Phi) is 5.15. The highest BCUT2D eigenvalue weighted by molar-refractivity contribution is 7.89. The second-order valence-corrected chi connectivity index (χ2v) is 6.73. The summed E-state index contributed by atoms with van der Waals surface area (Å²) < 4.78 is 24.9. The lowest BCUT2D eigenvalue weighted by molar-refractivity contribution is 0.587. The smallest absolute Gasteiger partial charge is 0.211 e. The van der Waals surface area contributed by atoms with Crippen LogP contribution in [0.5, 0.6) is 0 Å². The molecule has 3 nitrogen and oxygen atoms in total. The Hall–Kier alpha value is -0.870. The minimum Gasteiger partial charge on any atom is -0.218 e. The lowest BCUT2D eigenvalue weighted by Crippen LogP contribution is -2.23. The number of hydrogen-bond acceptors (Lipinski definition) is 2. The normalized spacial score (nSPS) is 12.0. The summed E-state index contributed by atoms with van der Waals surface area (Å²) in [5.74, 6) is 0.790. The zero-order chi connectivity index (χ0) is 12.9. The van der Waals surface area contributed by atoms with Crippen LogP contribution >= 0.6 is 0 Å². The molecule has 0 amide bonds. The van der Waals surface area contributed by atoms with E-state index >= 15 is 0 Å². The molecule has 0 heterocycles. The first kappa shape index (κ1) is 14.2. The number of aryl methyl sites for hydroxylation is 1. The van der Waals surface area contributed by atoms with E-state index in [0.717, 1.165) is 12.0 Å². The second-order valence-electron chi connectivity index (χ2n) is 4.69. The average molecular weight is 255 g/mol. The number of nitrogens with one attached hydrogen (secondary N) is 1. The van der Waals surface area contributed by atoms with E-state index in [9.17, 15) is 8.42 Å². The Labute approximate surface area is 104 Å². The van der Waals surface area contributed by atoms with Crippen LogP contribution in [0.4, 0.5) is 0 Å². The summed E-state index contributed by atoms with van der Waals surface area (Å²) in [7, 11) is -1.65. The average Bonchev–Trinajstić information content (AvgIpc) is 2.28. The van der Waals surface area contributed by atoms with E-state index in [-0.39, 0.29) is 5.75 Å². The number of hydrogen-bond donors (Lipinski definition) is 1. The third kappa shape index (κ3) is 5.33. The monoisotopic (exact) mass is 255 g/mol. The zero-order valence-corrected chi connectivity index (χ0v) is 11.5. The van der Waals surface area contributed by atoms with Gasteiger partial charge in [-0.05, 0) is 36.9 Å². The van der Waals surface area contributed by atoms with E-state index < -0.39 is 10.0 Å². The molecule has 1 rings (SSSR count). The van der Waals surface area contributed by atoms with Crippen molar-refractivity contribution in [2.45, 2.75) is 26.7 Å². The molecule has 0 unspecified atom stereocenters. The molecule has 1 N–H and O–H groups in total. The molecule has 1 aromatic carbocycles. The maximum atomic E-state index is 11.3. The maximum absolute atomic E-state index is 11.3. The minimum atomic E-state index is -3.10. The van der Waals surface area contributed by atoms with Crippen LogP contribution in [0.1, 0.15) is 25.0 Å². The zero-order valence-electron chi connectivity index (χ0n) is 10.7. The van der Waals surface area contributed by atoms with Gasteiger partial charge in [-0.15, -0.1) is 0 Å². The van der Waals surface area contributed by atoms with Crippen molar-refractivity contribution in [3.63, 3.8) is 0 Å². The fraction of sp³-hybridized carbons (Fsp3) is 0.538. The van der Waals surface area contributed by atoms with Crippen molar-refractivity contribution in [2.75, 3.05) is 12.8 Å². The first-order valence-corrected chi connectivity index (χ1v) is 7.57. The Bertz CT molecular complexity index is 435. The maximum Gasteiger partial charge on any atom is 0.211 e. The van der Waals surface area contributed by atoms with Gasteiger partial charge >= 0.3 is 0 Å². The summed E-state index contributed by atoms with van der Waals surface area (Å²) in [5, 5.41) is 0. The molecule has 0 radical (unpaired) electrons. The predicted molar refractivity (Wildman–Crippen MR) is 71.5 cm³/mol. The molecule has 0 spiro atoms. The first-order chi connectivity index (χ1) is 7.93. The summed E-state index contributed by atoms with van der Waals surface area (Å²) in [4.78, 5) is 0. The van der Waals surface area contributed by atoms with E-state index in [1.165, 1.54) is 12.6 Å². The van der Waals surface area contributed by atoms with Crippen LogP contribution in [0.25, 0.3) is 0 Å². The van der Waals surface area contributed by atoms with Crippen molar-refractivity contribution in [1.29, 1.82) is 0 Å². The largest absolute Gasteiger partial charge is 0.218 e.